The number of aliphatic imine (C=N–C) groups is 1. The Hall–Kier alpha value is -2.52. The van der Waals surface area contributed by atoms with Gasteiger partial charge in [-0.15, -0.1) is 0 Å². The molecule has 0 saturated heterocycles. The van der Waals surface area contributed by atoms with Crippen LogP contribution in [0.3, 0.4) is 0 Å². The van der Waals surface area contributed by atoms with Gasteiger partial charge in [0, 0.05) is 33.9 Å². The van der Waals surface area contributed by atoms with Crippen molar-refractivity contribution in [2.45, 2.75) is 42.1 Å². The first-order valence-electron chi connectivity index (χ1n) is 8.96. The smallest absolute Gasteiger partial charge is 0.425 e. The van der Waals surface area contributed by atoms with Gasteiger partial charge in [-0.1, -0.05) is 22.6 Å². The number of rotatable bonds is 5. The predicted octanol–water partition coefficient (Wildman–Crippen LogP) is 4.49. The van der Waals surface area contributed by atoms with Gasteiger partial charge >= 0.3 is 12.7 Å². The van der Waals surface area contributed by atoms with Gasteiger partial charge in [-0.2, -0.15) is 27.1 Å². The average molecular weight is 575 g/mol. The fraction of sp³-hybridized carbons (Fsp3) is 0.389. The predicted molar refractivity (Wildman–Crippen MR) is 110 cm³/mol. The molecule has 14 heteroatoms. The Morgan fingerprint density at radius 2 is 2.12 bits per heavy atom. The normalized spacial score (nSPS) is 21.3. The Morgan fingerprint density at radius 1 is 1.44 bits per heavy atom. The van der Waals surface area contributed by atoms with Crippen molar-refractivity contribution in [2.75, 3.05) is 5.32 Å². The second kappa shape index (κ2) is 8.78. The Morgan fingerprint density at radius 3 is 2.72 bits per heavy atom. The van der Waals surface area contributed by atoms with E-state index in [1.54, 1.807) is 0 Å². The third-order valence-electron chi connectivity index (χ3n) is 4.74. The maximum absolute atomic E-state index is 14.6. The van der Waals surface area contributed by atoms with Crippen LogP contribution < -0.4 is 11.1 Å². The molecule has 32 heavy (non-hydrogen) atoms. The number of carbonyl (C=O) groups is 1. The summed E-state index contributed by atoms with van der Waals surface area (Å²) in [5.74, 6) is -1.72. The molecular formula is C18H16F6IN5O2. The van der Waals surface area contributed by atoms with Crippen LogP contribution in [-0.2, 0) is 14.7 Å². The highest BCUT2D eigenvalue weighted by Gasteiger charge is 2.50. The lowest BCUT2D eigenvalue weighted by molar-refractivity contribution is -0.208. The summed E-state index contributed by atoms with van der Waals surface area (Å²) in [7, 11) is 0. The van der Waals surface area contributed by atoms with Crippen LogP contribution in [-0.4, -0.2) is 34.0 Å². The number of amidine groups is 1. The van der Waals surface area contributed by atoms with Crippen molar-refractivity contribution in [3.8, 4) is 0 Å². The minimum atomic E-state index is -4.76. The van der Waals surface area contributed by atoms with E-state index in [0.717, 1.165) is 18.3 Å². The lowest BCUT2D eigenvalue weighted by Crippen LogP contribution is -2.46. The number of hydrogen-bond donors (Lipinski definition) is 2. The van der Waals surface area contributed by atoms with Gasteiger partial charge in [-0.3, -0.25) is 4.79 Å². The number of amides is 1. The first kappa shape index (κ1) is 24.1. The van der Waals surface area contributed by atoms with Crippen LogP contribution >= 0.6 is 22.6 Å². The Bertz CT molecular complexity index is 1060. The highest BCUT2D eigenvalue weighted by Crippen LogP contribution is 2.41. The molecule has 0 radical (unpaired) electrons. The van der Waals surface area contributed by atoms with E-state index in [4.69, 9.17) is 5.73 Å². The molecular weight excluding hydrogens is 559 g/mol. The summed E-state index contributed by atoms with van der Waals surface area (Å²) in [5, 5.41) is 5.96. The van der Waals surface area contributed by atoms with Crippen LogP contribution in [0.15, 0.2) is 29.4 Å². The number of hydrogen-bond acceptors (Lipinski definition) is 5. The van der Waals surface area contributed by atoms with Gasteiger partial charge in [-0.05, 0) is 25.1 Å². The van der Waals surface area contributed by atoms with E-state index >= 15 is 0 Å². The zero-order valence-electron chi connectivity index (χ0n) is 16.3. The zero-order valence-corrected chi connectivity index (χ0v) is 18.4. The molecule has 1 aromatic carbocycles. The third kappa shape index (κ3) is 4.94. The number of carbonyl (C=O) groups excluding carboxylic acids is 1. The van der Waals surface area contributed by atoms with Crippen LogP contribution in [0.5, 0.6) is 0 Å². The molecule has 0 unspecified atom stereocenters. The number of benzene rings is 1. The topological polar surface area (TPSA) is 94.5 Å². The Kier molecular flexibility index (Phi) is 6.62. The van der Waals surface area contributed by atoms with Crippen LogP contribution in [0.2, 0.25) is 0 Å². The van der Waals surface area contributed by atoms with Gasteiger partial charge in [0.25, 0.3) is 11.9 Å². The number of ether oxygens (including phenoxy) is 1. The summed E-state index contributed by atoms with van der Waals surface area (Å²) >= 11 is 1.87. The number of alkyl halides is 6. The Labute approximate surface area is 191 Å². The SMILES string of the molecule is C[C@@]1(c2cc(NC(=O)c3nn(C(F)F)cc3CI)ccc2F)C[C@@H](C(F)(F)F)OC(N)=N1. The molecule has 1 aliphatic heterocycles. The third-order valence-corrected chi connectivity index (χ3v) is 5.56. The summed E-state index contributed by atoms with van der Waals surface area (Å²) in [5.41, 5.74) is 3.39. The van der Waals surface area contributed by atoms with Crippen LogP contribution in [0, 0.1) is 5.82 Å². The van der Waals surface area contributed by atoms with E-state index in [1.807, 2.05) is 22.6 Å². The molecule has 3 N–H and O–H groups in total. The second-order valence-corrected chi connectivity index (χ2v) is 7.88. The zero-order chi connectivity index (χ0) is 23.8. The van der Waals surface area contributed by atoms with E-state index in [9.17, 15) is 31.1 Å². The van der Waals surface area contributed by atoms with Gasteiger partial charge in [0.1, 0.15) is 5.82 Å². The van der Waals surface area contributed by atoms with Crippen molar-refractivity contribution in [3.63, 3.8) is 0 Å². The minimum Gasteiger partial charge on any atom is -0.452 e. The minimum absolute atomic E-state index is 0.00227. The maximum Gasteiger partial charge on any atom is 0.425 e. The molecule has 174 valence electrons. The van der Waals surface area contributed by atoms with Gasteiger partial charge in [0.15, 0.2) is 11.8 Å². The molecule has 0 aliphatic carbocycles. The summed E-state index contributed by atoms with van der Waals surface area (Å²) < 4.78 is 85.0. The van der Waals surface area contributed by atoms with Crippen molar-refractivity contribution in [1.29, 1.82) is 0 Å². The molecule has 7 nitrogen and oxygen atoms in total. The number of aromatic nitrogens is 2. The van der Waals surface area contributed by atoms with Crippen LogP contribution in [0.25, 0.3) is 0 Å². The van der Waals surface area contributed by atoms with Crippen molar-refractivity contribution >= 4 is 40.2 Å². The lowest BCUT2D eigenvalue weighted by Gasteiger charge is -2.36. The molecule has 2 heterocycles. The molecule has 0 spiro atoms. The molecule has 1 aliphatic rings. The lowest BCUT2D eigenvalue weighted by atomic mass is 9.85. The molecule has 0 bridgehead atoms. The van der Waals surface area contributed by atoms with E-state index in [-0.39, 0.29) is 26.9 Å². The quantitative estimate of drug-likeness (QED) is 0.313. The molecule has 0 saturated carbocycles. The first-order valence-corrected chi connectivity index (χ1v) is 10.5. The van der Waals surface area contributed by atoms with Gasteiger partial charge in [0.05, 0.1) is 5.54 Å². The van der Waals surface area contributed by atoms with Crippen molar-refractivity contribution in [3.05, 3.63) is 47.0 Å². The summed E-state index contributed by atoms with van der Waals surface area (Å²) in [4.78, 5) is 16.4. The van der Waals surface area contributed by atoms with Gasteiger partial charge in [0.2, 0.25) is 0 Å². The standard InChI is InChI=1S/C18H16F6IN5O2/c1-17(5-12(18(22,23)24)32-16(26)28-17)10-4-9(2-3-11(10)19)27-14(31)13-8(6-25)7-30(29-13)15(20)21/h2-4,7,12,15H,5-6H2,1H3,(H2,26,28)(H,27,31)/t12-,17-/m0/s1. The molecule has 0 fully saturated rings. The van der Waals surface area contributed by atoms with E-state index < -0.39 is 48.5 Å². The number of nitrogens with one attached hydrogen (secondary N) is 1. The molecule has 1 aromatic heterocycles. The van der Waals surface area contributed by atoms with Crippen molar-refractivity contribution in [2.24, 2.45) is 10.7 Å². The number of halogens is 7. The van der Waals surface area contributed by atoms with Crippen LogP contribution in [0.4, 0.5) is 32.0 Å². The largest absolute Gasteiger partial charge is 0.452 e. The highest BCUT2D eigenvalue weighted by atomic mass is 127. The van der Waals surface area contributed by atoms with E-state index in [0.29, 0.717) is 4.68 Å². The van der Waals surface area contributed by atoms with E-state index in [1.165, 1.54) is 13.0 Å². The fourth-order valence-corrected chi connectivity index (χ4v) is 3.80. The molecule has 2 atom stereocenters. The number of nitrogens with zero attached hydrogens (tertiary/aromatic N) is 3. The number of anilines is 1. The summed E-state index contributed by atoms with van der Waals surface area (Å²) in [6.45, 7) is -1.70. The number of nitrogens with two attached hydrogens (primary N) is 1. The fourth-order valence-electron chi connectivity index (χ4n) is 3.24. The summed E-state index contributed by atoms with van der Waals surface area (Å²) in [6, 6.07) is 2.47. The molecule has 3 rings (SSSR count). The maximum atomic E-state index is 14.6. The van der Waals surface area contributed by atoms with Crippen molar-refractivity contribution in [1.82, 2.24) is 9.78 Å². The molecule has 2 aromatic rings. The van der Waals surface area contributed by atoms with Gasteiger partial charge < -0.3 is 15.8 Å². The summed E-state index contributed by atoms with van der Waals surface area (Å²) in [6.07, 6.45) is -6.78. The van der Waals surface area contributed by atoms with Gasteiger partial charge in [-0.25, -0.2) is 14.1 Å². The second-order valence-electron chi connectivity index (χ2n) is 7.12. The van der Waals surface area contributed by atoms with Crippen molar-refractivity contribution < 1.29 is 35.9 Å². The van der Waals surface area contributed by atoms with Crippen LogP contribution in [0.1, 0.15) is 41.5 Å². The Balaban J connectivity index is 1.93. The first-order chi connectivity index (χ1) is 14.8. The monoisotopic (exact) mass is 575 g/mol. The average Bonchev–Trinajstić information content (AvgIpc) is 3.13. The highest BCUT2D eigenvalue weighted by molar-refractivity contribution is 14.1. The van der Waals surface area contributed by atoms with E-state index in [2.05, 4.69) is 20.1 Å². The molecule has 1 amide bonds.